The van der Waals surface area contributed by atoms with Crippen molar-refractivity contribution in [1.82, 2.24) is 4.90 Å². The predicted molar refractivity (Wildman–Crippen MR) is 100 cm³/mol. The van der Waals surface area contributed by atoms with E-state index >= 15 is 0 Å². The van der Waals surface area contributed by atoms with Gasteiger partial charge in [0.2, 0.25) is 0 Å². The number of halogens is 2. The quantitative estimate of drug-likeness (QED) is 0.756. The Kier molecular flexibility index (Phi) is 5.96. The molecule has 0 spiro atoms. The average Bonchev–Trinajstić information content (AvgIpc) is 2.35. The first kappa shape index (κ1) is 20.3. The third-order valence-electron chi connectivity index (χ3n) is 3.98. The molecule has 0 aliphatic carbocycles. The van der Waals surface area contributed by atoms with E-state index in [1.54, 1.807) is 23.1 Å². The fourth-order valence-corrected chi connectivity index (χ4v) is 4.24. The van der Waals surface area contributed by atoms with Gasteiger partial charge in [-0.2, -0.15) is 0 Å². The molecular weight excluding hydrogens is 385 g/mol. The van der Waals surface area contributed by atoms with Gasteiger partial charge in [-0.3, -0.25) is 0 Å². The van der Waals surface area contributed by atoms with Crippen LogP contribution in [0.2, 0.25) is 10.0 Å². The number of amides is 1. The highest BCUT2D eigenvalue weighted by molar-refractivity contribution is 7.90. The van der Waals surface area contributed by atoms with Crippen LogP contribution in [0.4, 0.5) is 4.79 Å². The van der Waals surface area contributed by atoms with E-state index < -0.39 is 15.4 Å². The van der Waals surface area contributed by atoms with E-state index in [2.05, 4.69) is 0 Å². The van der Waals surface area contributed by atoms with E-state index in [0.717, 1.165) is 5.56 Å². The van der Waals surface area contributed by atoms with E-state index in [1.807, 2.05) is 20.8 Å². The van der Waals surface area contributed by atoms with Crippen molar-refractivity contribution in [2.75, 3.05) is 25.1 Å². The monoisotopic (exact) mass is 407 g/mol. The molecule has 1 atom stereocenters. The average molecular weight is 408 g/mol. The third-order valence-corrected chi connectivity index (χ3v) is 5.69. The van der Waals surface area contributed by atoms with E-state index in [4.69, 9.17) is 27.9 Å². The summed E-state index contributed by atoms with van der Waals surface area (Å²) in [6, 6.07) is 5.16. The Morgan fingerprint density at radius 1 is 1.28 bits per heavy atom. The van der Waals surface area contributed by atoms with Crippen molar-refractivity contribution in [3.05, 3.63) is 33.8 Å². The molecule has 1 amide bonds. The molecule has 1 saturated heterocycles. The van der Waals surface area contributed by atoms with E-state index in [1.165, 1.54) is 6.26 Å². The van der Waals surface area contributed by atoms with Gasteiger partial charge in [-0.05, 0) is 38.5 Å². The second-order valence-electron chi connectivity index (χ2n) is 7.52. The van der Waals surface area contributed by atoms with E-state index in [-0.39, 0.29) is 23.7 Å². The van der Waals surface area contributed by atoms with Crippen LogP contribution in [-0.4, -0.2) is 50.1 Å². The number of nitrogens with zero attached hydrogens (tertiary/aromatic N) is 1. The smallest absolute Gasteiger partial charge is 0.410 e. The van der Waals surface area contributed by atoms with Crippen LogP contribution < -0.4 is 0 Å². The summed E-state index contributed by atoms with van der Waals surface area (Å²) >= 11 is 12.0. The van der Waals surface area contributed by atoms with Crippen LogP contribution in [0.15, 0.2) is 18.2 Å². The second-order valence-corrected chi connectivity index (χ2v) is 10.5. The van der Waals surface area contributed by atoms with Crippen molar-refractivity contribution < 1.29 is 17.9 Å². The van der Waals surface area contributed by atoms with Crippen molar-refractivity contribution in [3.8, 4) is 0 Å². The Morgan fingerprint density at radius 2 is 1.88 bits per heavy atom. The highest BCUT2D eigenvalue weighted by Gasteiger charge is 2.40. The number of benzene rings is 1. The van der Waals surface area contributed by atoms with Gasteiger partial charge >= 0.3 is 6.09 Å². The van der Waals surface area contributed by atoms with Gasteiger partial charge in [0.05, 0.1) is 15.8 Å². The minimum atomic E-state index is -3.19. The van der Waals surface area contributed by atoms with Crippen LogP contribution in [0.1, 0.15) is 32.3 Å². The summed E-state index contributed by atoms with van der Waals surface area (Å²) < 4.78 is 29.0. The van der Waals surface area contributed by atoms with Gasteiger partial charge in [0.25, 0.3) is 0 Å². The molecule has 8 heteroatoms. The Balaban J connectivity index is 2.13. The summed E-state index contributed by atoms with van der Waals surface area (Å²) in [4.78, 5) is 13.7. The molecule has 1 aliphatic heterocycles. The van der Waals surface area contributed by atoms with E-state index in [9.17, 15) is 13.2 Å². The van der Waals surface area contributed by atoms with Gasteiger partial charge in [-0.25, -0.2) is 13.2 Å². The molecular formula is C17H23Cl2NO4S. The normalized spacial score (nSPS) is 17.1. The number of likely N-dealkylation sites (tertiary alicyclic amines) is 1. The summed E-state index contributed by atoms with van der Waals surface area (Å²) in [6.07, 6.45) is 0.831. The predicted octanol–water partition coefficient (Wildman–Crippen LogP) is 3.99. The Bertz CT molecular complexity index is 752. The number of carbonyl (C=O) groups excluding carboxylic acids is 1. The van der Waals surface area contributed by atoms with Crippen LogP contribution >= 0.6 is 23.2 Å². The molecule has 2 rings (SSSR count). The lowest BCUT2D eigenvalue weighted by Crippen LogP contribution is -2.54. The first-order valence-corrected chi connectivity index (χ1v) is 10.8. The van der Waals surface area contributed by atoms with Gasteiger partial charge in [0.15, 0.2) is 0 Å². The first-order chi connectivity index (χ1) is 11.4. The molecule has 25 heavy (non-hydrogen) atoms. The fraction of sp³-hybridized carbons (Fsp3) is 0.588. The zero-order valence-electron chi connectivity index (χ0n) is 14.8. The number of hydrogen-bond acceptors (Lipinski definition) is 4. The van der Waals surface area contributed by atoms with Gasteiger partial charge in [0.1, 0.15) is 15.4 Å². The Hall–Kier alpha value is -0.980. The highest BCUT2D eigenvalue weighted by Crippen LogP contribution is 2.36. The summed E-state index contributed by atoms with van der Waals surface area (Å²) in [5, 5.41) is 0.813. The molecule has 1 aliphatic rings. The second kappa shape index (κ2) is 7.33. The van der Waals surface area contributed by atoms with Crippen LogP contribution in [0.25, 0.3) is 0 Å². The maximum Gasteiger partial charge on any atom is 0.410 e. The van der Waals surface area contributed by atoms with Crippen molar-refractivity contribution in [2.24, 2.45) is 5.92 Å². The highest BCUT2D eigenvalue weighted by atomic mass is 35.5. The molecule has 0 aromatic heterocycles. The SMILES string of the molecule is CC(C)(C)OC(=O)N1CC(C(CS(C)(=O)=O)c2ccc(Cl)c(Cl)c2)C1. The Labute approximate surface area is 159 Å². The van der Waals surface area contributed by atoms with Crippen molar-refractivity contribution in [2.45, 2.75) is 32.3 Å². The minimum Gasteiger partial charge on any atom is -0.444 e. The number of carbonyl (C=O) groups is 1. The van der Waals surface area contributed by atoms with Crippen LogP contribution in [0.5, 0.6) is 0 Å². The van der Waals surface area contributed by atoms with Crippen LogP contribution in [0, 0.1) is 5.92 Å². The van der Waals surface area contributed by atoms with Crippen molar-refractivity contribution in [1.29, 1.82) is 0 Å². The molecule has 140 valence electrons. The van der Waals surface area contributed by atoms with Gasteiger partial charge in [0, 0.05) is 31.2 Å². The maximum absolute atomic E-state index is 12.1. The number of rotatable bonds is 4. The van der Waals surface area contributed by atoms with Gasteiger partial charge in [-0.15, -0.1) is 0 Å². The summed E-state index contributed by atoms with van der Waals surface area (Å²) in [5.74, 6) is -0.222. The molecule has 0 radical (unpaired) electrons. The number of sulfone groups is 1. The molecule has 1 heterocycles. The zero-order chi connectivity index (χ0) is 19.0. The van der Waals surface area contributed by atoms with Crippen molar-refractivity contribution in [3.63, 3.8) is 0 Å². The van der Waals surface area contributed by atoms with Crippen molar-refractivity contribution >= 4 is 39.1 Å². The molecule has 5 nitrogen and oxygen atoms in total. The standard InChI is InChI=1S/C17H23Cl2NO4S/c1-17(2,3)24-16(21)20-8-12(9-20)13(10-25(4,22)23)11-5-6-14(18)15(19)7-11/h5-7,12-13H,8-10H2,1-4H3. The van der Waals surface area contributed by atoms with Crippen LogP contribution in [-0.2, 0) is 14.6 Å². The maximum atomic E-state index is 12.1. The largest absolute Gasteiger partial charge is 0.444 e. The number of hydrogen-bond donors (Lipinski definition) is 0. The fourth-order valence-electron chi connectivity index (χ4n) is 2.82. The third kappa shape index (κ3) is 5.76. The lowest BCUT2D eigenvalue weighted by atomic mass is 9.82. The first-order valence-electron chi connectivity index (χ1n) is 7.96. The topological polar surface area (TPSA) is 63.7 Å². The van der Waals surface area contributed by atoms with Gasteiger partial charge < -0.3 is 9.64 Å². The van der Waals surface area contributed by atoms with Gasteiger partial charge in [-0.1, -0.05) is 29.3 Å². The molecule has 1 unspecified atom stereocenters. The summed E-state index contributed by atoms with van der Waals surface area (Å²) in [5.41, 5.74) is 0.256. The lowest BCUT2D eigenvalue weighted by Gasteiger charge is -2.43. The van der Waals surface area contributed by atoms with Crippen LogP contribution in [0.3, 0.4) is 0 Å². The van der Waals surface area contributed by atoms with E-state index in [0.29, 0.717) is 23.1 Å². The Morgan fingerprint density at radius 3 is 2.36 bits per heavy atom. The summed E-state index contributed by atoms with van der Waals surface area (Å²) in [6.45, 7) is 6.34. The molecule has 1 fully saturated rings. The molecule has 0 bridgehead atoms. The minimum absolute atomic E-state index is 0.00220. The molecule has 0 N–H and O–H groups in total. The lowest BCUT2D eigenvalue weighted by molar-refractivity contribution is -0.00400. The summed E-state index contributed by atoms with van der Waals surface area (Å²) in [7, 11) is -3.19. The number of ether oxygens (including phenoxy) is 1. The molecule has 0 saturated carbocycles. The molecule has 1 aromatic rings. The molecule has 1 aromatic carbocycles. The zero-order valence-corrected chi connectivity index (χ0v) is 17.1.